The van der Waals surface area contributed by atoms with Gasteiger partial charge in [-0.25, -0.2) is 9.97 Å². The molecule has 1 atom stereocenters. The molecular formula is C15H23N5S. The van der Waals surface area contributed by atoms with E-state index < -0.39 is 0 Å². The van der Waals surface area contributed by atoms with Crippen LogP contribution in [0.5, 0.6) is 0 Å². The van der Waals surface area contributed by atoms with E-state index in [0.29, 0.717) is 6.04 Å². The molecule has 3 rings (SSSR count). The fourth-order valence-corrected chi connectivity index (χ4v) is 3.74. The first-order valence-corrected chi connectivity index (χ1v) is 8.51. The Labute approximate surface area is 130 Å². The molecule has 1 unspecified atom stereocenters. The van der Waals surface area contributed by atoms with Crippen LogP contribution in [-0.2, 0) is 20.0 Å². The van der Waals surface area contributed by atoms with Crippen LogP contribution in [0.4, 0.5) is 0 Å². The molecule has 2 aromatic heterocycles. The molecule has 1 saturated heterocycles. The zero-order valence-electron chi connectivity index (χ0n) is 12.7. The number of nitrogens with zero attached hydrogens (tertiary/aromatic N) is 4. The molecule has 114 valence electrons. The first-order chi connectivity index (χ1) is 10.3. The summed E-state index contributed by atoms with van der Waals surface area (Å²) in [7, 11) is 2.07. The summed E-state index contributed by atoms with van der Waals surface area (Å²) in [4.78, 5) is 11.8. The van der Waals surface area contributed by atoms with E-state index in [0.717, 1.165) is 44.8 Å². The second-order valence-electron chi connectivity index (χ2n) is 5.57. The average Bonchev–Trinajstić information content (AvgIpc) is 3.09. The normalized spacial score (nSPS) is 20.0. The number of hydrogen-bond acceptors (Lipinski definition) is 5. The molecule has 0 aliphatic carbocycles. The van der Waals surface area contributed by atoms with E-state index in [1.165, 1.54) is 10.7 Å². The van der Waals surface area contributed by atoms with Crippen LogP contribution < -0.4 is 5.32 Å². The number of aromatic nitrogens is 3. The van der Waals surface area contributed by atoms with Crippen LogP contribution in [0.15, 0.2) is 17.8 Å². The fourth-order valence-electron chi connectivity index (χ4n) is 2.85. The lowest BCUT2D eigenvalue weighted by molar-refractivity contribution is 0.143. The summed E-state index contributed by atoms with van der Waals surface area (Å²) in [5, 5.41) is 6.95. The molecule has 3 heterocycles. The maximum Gasteiger partial charge on any atom is 0.127 e. The average molecular weight is 305 g/mol. The Morgan fingerprint density at radius 2 is 2.38 bits per heavy atom. The molecule has 1 fully saturated rings. The van der Waals surface area contributed by atoms with E-state index in [1.807, 2.05) is 12.4 Å². The van der Waals surface area contributed by atoms with Crippen molar-refractivity contribution in [3.05, 3.63) is 34.3 Å². The van der Waals surface area contributed by atoms with Crippen LogP contribution in [0.3, 0.4) is 0 Å². The molecule has 0 saturated carbocycles. The highest BCUT2D eigenvalue weighted by Crippen LogP contribution is 2.23. The highest BCUT2D eigenvalue weighted by atomic mass is 32.1. The number of hydrogen-bond donors (Lipinski definition) is 1. The Morgan fingerprint density at radius 1 is 1.48 bits per heavy atom. The Kier molecular flexibility index (Phi) is 4.67. The van der Waals surface area contributed by atoms with Crippen molar-refractivity contribution in [2.24, 2.45) is 7.05 Å². The molecule has 21 heavy (non-hydrogen) atoms. The van der Waals surface area contributed by atoms with E-state index in [1.54, 1.807) is 11.3 Å². The van der Waals surface area contributed by atoms with Gasteiger partial charge in [0.2, 0.25) is 0 Å². The maximum absolute atomic E-state index is 4.76. The minimum atomic E-state index is 0.329. The third kappa shape index (κ3) is 3.33. The van der Waals surface area contributed by atoms with Crippen molar-refractivity contribution in [2.45, 2.75) is 32.4 Å². The van der Waals surface area contributed by atoms with Crippen LogP contribution in [-0.4, -0.2) is 39.1 Å². The number of thiazole rings is 1. The Bertz CT molecular complexity index is 576. The van der Waals surface area contributed by atoms with Crippen LogP contribution in [0.1, 0.15) is 35.9 Å². The first kappa shape index (κ1) is 14.7. The molecule has 1 aliphatic rings. The van der Waals surface area contributed by atoms with Crippen molar-refractivity contribution >= 4 is 11.3 Å². The lowest BCUT2D eigenvalue weighted by atomic mass is 10.1. The van der Waals surface area contributed by atoms with Gasteiger partial charge >= 0.3 is 0 Å². The number of rotatable bonds is 5. The summed E-state index contributed by atoms with van der Waals surface area (Å²) in [6, 6.07) is 0.329. The highest BCUT2D eigenvalue weighted by molar-refractivity contribution is 7.09. The quantitative estimate of drug-likeness (QED) is 0.917. The van der Waals surface area contributed by atoms with Gasteiger partial charge in [-0.1, -0.05) is 6.92 Å². The number of imidazole rings is 1. The van der Waals surface area contributed by atoms with Crippen molar-refractivity contribution in [1.82, 2.24) is 24.8 Å². The fraction of sp³-hybridized carbons (Fsp3) is 0.600. The first-order valence-electron chi connectivity index (χ1n) is 7.63. The summed E-state index contributed by atoms with van der Waals surface area (Å²) in [6.45, 7) is 6.15. The van der Waals surface area contributed by atoms with Crippen molar-refractivity contribution in [3.63, 3.8) is 0 Å². The lowest BCUT2D eigenvalue weighted by Gasteiger charge is -2.35. The van der Waals surface area contributed by atoms with Crippen molar-refractivity contribution in [1.29, 1.82) is 0 Å². The summed E-state index contributed by atoms with van der Waals surface area (Å²) < 4.78 is 2.12. The third-order valence-electron chi connectivity index (χ3n) is 3.94. The van der Waals surface area contributed by atoms with E-state index in [2.05, 4.69) is 39.1 Å². The summed E-state index contributed by atoms with van der Waals surface area (Å²) >= 11 is 1.79. The van der Waals surface area contributed by atoms with E-state index in [-0.39, 0.29) is 0 Å². The van der Waals surface area contributed by atoms with Gasteiger partial charge in [0.1, 0.15) is 5.82 Å². The molecule has 0 radical (unpaired) electrons. The van der Waals surface area contributed by atoms with Gasteiger partial charge in [0.15, 0.2) is 0 Å². The predicted octanol–water partition coefficient (Wildman–Crippen LogP) is 1.98. The van der Waals surface area contributed by atoms with Crippen LogP contribution in [0.2, 0.25) is 0 Å². The molecule has 5 nitrogen and oxygen atoms in total. The topological polar surface area (TPSA) is 46.0 Å². The monoisotopic (exact) mass is 305 g/mol. The summed E-state index contributed by atoms with van der Waals surface area (Å²) in [5.74, 6) is 1.13. The van der Waals surface area contributed by atoms with Crippen molar-refractivity contribution < 1.29 is 0 Å². The molecule has 0 spiro atoms. The minimum absolute atomic E-state index is 0.329. The van der Waals surface area contributed by atoms with Gasteiger partial charge in [-0.15, -0.1) is 11.3 Å². The van der Waals surface area contributed by atoms with Crippen molar-refractivity contribution in [2.75, 3.05) is 19.6 Å². The van der Waals surface area contributed by atoms with Crippen LogP contribution in [0.25, 0.3) is 0 Å². The maximum atomic E-state index is 4.76. The van der Waals surface area contributed by atoms with E-state index >= 15 is 0 Å². The second-order valence-corrected chi connectivity index (χ2v) is 6.51. The van der Waals surface area contributed by atoms with Gasteiger partial charge in [0.05, 0.1) is 16.7 Å². The minimum Gasteiger partial charge on any atom is -0.337 e. The number of aryl methyl sites for hydroxylation is 2. The van der Waals surface area contributed by atoms with Gasteiger partial charge in [0, 0.05) is 51.0 Å². The number of nitrogens with one attached hydrogen (secondary N) is 1. The largest absolute Gasteiger partial charge is 0.337 e. The molecule has 0 bridgehead atoms. The van der Waals surface area contributed by atoms with Gasteiger partial charge in [-0.3, -0.25) is 4.90 Å². The third-order valence-corrected chi connectivity index (χ3v) is 4.90. The van der Waals surface area contributed by atoms with Gasteiger partial charge < -0.3 is 9.88 Å². The van der Waals surface area contributed by atoms with E-state index in [4.69, 9.17) is 4.98 Å². The molecular weight excluding hydrogens is 282 g/mol. The van der Waals surface area contributed by atoms with Gasteiger partial charge in [0.25, 0.3) is 0 Å². The standard InChI is InChI=1S/C15H23N5S/c1-3-4-14-18-12(11-21-14)10-20-8-5-16-9-13(20)15-17-6-7-19(15)2/h6-7,11,13,16H,3-5,8-10H2,1-2H3. The molecule has 6 heteroatoms. The lowest BCUT2D eigenvalue weighted by Crippen LogP contribution is -2.46. The zero-order chi connectivity index (χ0) is 14.7. The van der Waals surface area contributed by atoms with Crippen molar-refractivity contribution in [3.8, 4) is 0 Å². The van der Waals surface area contributed by atoms with E-state index in [9.17, 15) is 0 Å². The zero-order valence-corrected chi connectivity index (χ0v) is 13.6. The summed E-state index contributed by atoms with van der Waals surface area (Å²) in [5.41, 5.74) is 1.20. The smallest absolute Gasteiger partial charge is 0.127 e. The Morgan fingerprint density at radius 3 is 3.14 bits per heavy atom. The Balaban J connectivity index is 1.73. The predicted molar refractivity (Wildman–Crippen MR) is 85.3 cm³/mol. The molecule has 0 aromatic carbocycles. The molecule has 2 aromatic rings. The molecule has 0 amide bonds. The molecule has 1 N–H and O–H groups in total. The van der Waals surface area contributed by atoms with Crippen LogP contribution >= 0.6 is 11.3 Å². The Hall–Kier alpha value is -1.24. The van der Waals surface area contributed by atoms with Crippen LogP contribution in [0, 0.1) is 0 Å². The SMILES string of the molecule is CCCc1nc(CN2CCNCC2c2nccn2C)cs1. The molecule has 1 aliphatic heterocycles. The van der Waals surface area contributed by atoms with Gasteiger partial charge in [-0.2, -0.15) is 0 Å². The highest BCUT2D eigenvalue weighted by Gasteiger charge is 2.27. The summed E-state index contributed by atoms with van der Waals surface area (Å²) in [6.07, 6.45) is 6.15. The van der Waals surface area contributed by atoms with Gasteiger partial charge in [-0.05, 0) is 12.8 Å². The second kappa shape index (κ2) is 6.68. The number of piperazine rings is 1.